The molecule has 230 valence electrons. The van der Waals surface area contributed by atoms with E-state index in [4.69, 9.17) is 5.11 Å². The van der Waals surface area contributed by atoms with E-state index in [1.165, 1.54) is 19.2 Å². The minimum absolute atomic E-state index is 0.153. The molecule has 2 aromatic carbocycles. The molecular formula is C31H38F2N6O3S. The Balaban J connectivity index is 1.34. The van der Waals surface area contributed by atoms with E-state index in [-0.39, 0.29) is 24.4 Å². The van der Waals surface area contributed by atoms with Gasteiger partial charge in [0.25, 0.3) is 6.08 Å². The van der Waals surface area contributed by atoms with E-state index >= 15 is 0 Å². The molecule has 6 rings (SSSR count). The molecule has 3 heterocycles. The number of hydrogen-bond donors (Lipinski definition) is 3. The summed E-state index contributed by atoms with van der Waals surface area (Å²) >= 11 is 0. The molecular weight excluding hydrogens is 574 g/mol. The Morgan fingerprint density at radius 1 is 0.953 bits per heavy atom. The number of aliphatic hydroxyl groups is 1. The molecule has 0 bridgehead atoms. The van der Waals surface area contributed by atoms with Gasteiger partial charge in [-0.2, -0.15) is 8.78 Å². The van der Waals surface area contributed by atoms with Gasteiger partial charge < -0.3 is 20.2 Å². The standard InChI is InChI=1S/C31H38F2N6O3S/c1-21-15-23(17-25(16-21)38-9-3-22(4-10-38)29(32)33)36-30-28-26(34-20-35-30)18-24(37-43(41,42)14-2-13-40)19-27(28)39-11-7-31(5-6-31)8-12-39/h15-20,37,40H,2-14H2,1H3,(H,34,35,36). The van der Waals surface area contributed by atoms with E-state index in [2.05, 4.69) is 35.9 Å². The maximum atomic E-state index is 13.1. The zero-order chi connectivity index (χ0) is 30.2. The number of aliphatic hydroxyl groups excluding tert-OH is 1. The number of fused-ring (bicyclic) bond motifs is 1. The maximum Gasteiger partial charge on any atom is 0.269 e. The van der Waals surface area contributed by atoms with Crippen molar-refractivity contribution < 1.29 is 22.3 Å². The molecule has 3 fully saturated rings. The van der Waals surface area contributed by atoms with Gasteiger partial charge in [0.1, 0.15) is 12.1 Å². The number of anilines is 5. The minimum atomic E-state index is -3.65. The molecule has 0 atom stereocenters. The van der Waals surface area contributed by atoms with Crippen LogP contribution in [0.1, 0.15) is 50.5 Å². The van der Waals surface area contributed by atoms with Gasteiger partial charge in [-0.05, 0) is 98.8 Å². The van der Waals surface area contributed by atoms with Crippen LogP contribution in [-0.4, -0.2) is 62.0 Å². The van der Waals surface area contributed by atoms with Crippen LogP contribution in [0.25, 0.3) is 10.9 Å². The fourth-order valence-electron chi connectivity index (χ4n) is 6.33. The second-order valence-electron chi connectivity index (χ2n) is 12.1. The second kappa shape index (κ2) is 11.9. The molecule has 1 aromatic heterocycles. The number of hydrogen-bond acceptors (Lipinski definition) is 8. The van der Waals surface area contributed by atoms with E-state index < -0.39 is 16.1 Å². The Labute approximate surface area is 251 Å². The minimum Gasteiger partial charge on any atom is -0.396 e. The molecule has 0 radical (unpaired) electrons. The van der Waals surface area contributed by atoms with Crippen LogP contribution >= 0.6 is 0 Å². The molecule has 1 spiro atoms. The Kier molecular flexibility index (Phi) is 8.16. The average molecular weight is 613 g/mol. The molecule has 1 aliphatic carbocycles. The second-order valence-corrected chi connectivity index (χ2v) is 14.0. The van der Waals surface area contributed by atoms with Gasteiger partial charge in [-0.3, -0.25) is 4.72 Å². The Morgan fingerprint density at radius 3 is 2.37 bits per heavy atom. The number of aromatic nitrogens is 2. The highest BCUT2D eigenvalue weighted by Gasteiger charge is 2.44. The van der Waals surface area contributed by atoms with Crippen molar-refractivity contribution in [2.24, 2.45) is 5.41 Å². The number of benzene rings is 2. The van der Waals surface area contributed by atoms with Crippen LogP contribution in [0, 0.1) is 12.3 Å². The summed E-state index contributed by atoms with van der Waals surface area (Å²) in [5, 5.41) is 13.4. The van der Waals surface area contributed by atoms with Crippen molar-refractivity contribution >= 4 is 49.5 Å². The number of sulfonamides is 1. The van der Waals surface area contributed by atoms with Crippen LogP contribution in [0.4, 0.5) is 37.3 Å². The number of aryl methyl sites for hydroxylation is 1. The van der Waals surface area contributed by atoms with Gasteiger partial charge >= 0.3 is 0 Å². The highest BCUT2D eigenvalue weighted by atomic mass is 32.2. The quantitative estimate of drug-likeness (QED) is 0.273. The first-order valence-electron chi connectivity index (χ1n) is 15.0. The molecule has 3 N–H and O–H groups in total. The number of rotatable bonds is 9. The number of piperidine rings is 2. The van der Waals surface area contributed by atoms with Crippen LogP contribution in [-0.2, 0) is 10.0 Å². The van der Waals surface area contributed by atoms with Gasteiger partial charge in [-0.25, -0.2) is 18.4 Å². The lowest BCUT2D eigenvalue weighted by Crippen LogP contribution is -2.34. The largest absolute Gasteiger partial charge is 0.396 e. The third-order valence-electron chi connectivity index (χ3n) is 9.01. The Hall–Kier alpha value is -3.51. The fourth-order valence-corrected chi connectivity index (χ4v) is 7.42. The zero-order valence-electron chi connectivity index (χ0n) is 24.4. The van der Waals surface area contributed by atoms with Crippen LogP contribution in [0.15, 0.2) is 48.3 Å². The molecule has 12 heteroatoms. The van der Waals surface area contributed by atoms with Crippen LogP contribution in [0.3, 0.4) is 0 Å². The summed E-state index contributed by atoms with van der Waals surface area (Å²) in [5.41, 5.74) is 5.42. The molecule has 3 aliphatic rings. The monoisotopic (exact) mass is 612 g/mol. The van der Waals surface area contributed by atoms with Gasteiger partial charge in [0.05, 0.1) is 28.0 Å². The third kappa shape index (κ3) is 6.70. The molecule has 1 saturated carbocycles. The third-order valence-corrected chi connectivity index (χ3v) is 10.4. The lowest BCUT2D eigenvalue weighted by Gasteiger charge is -2.35. The summed E-state index contributed by atoms with van der Waals surface area (Å²) in [4.78, 5) is 13.6. The van der Waals surface area contributed by atoms with E-state index in [1.54, 1.807) is 6.07 Å². The van der Waals surface area contributed by atoms with E-state index in [0.29, 0.717) is 48.4 Å². The van der Waals surface area contributed by atoms with Crippen molar-refractivity contribution in [1.82, 2.24) is 9.97 Å². The van der Waals surface area contributed by atoms with Crippen molar-refractivity contribution in [2.45, 2.75) is 51.9 Å². The summed E-state index contributed by atoms with van der Waals surface area (Å²) in [5.74, 6) is 0.438. The molecule has 3 aromatic rings. The molecule has 2 aliphatic heterocycles. The molecule has 2 saturated heterocycles. The molecule has 43 heavy (non-hydrogen) atoms. The smallest absolute Gasteiger partial charge is 0.269 e. The van der Waals surface area contributed by atoms with E-state index in [9.17, 15) is 17.2 Å². The SMILES string of the molecule is Cc1cc(Nc2ncnc3cc(NS(=O)(=O)CCCO)cc(N4CCC5(CC4)CC5)c23)cc(N2CCC(=C(F)F)CC2)c1. The first kappa shape index (κ1) is 29.6. The Morgan fingerprint density at radius 2 is 1.70 bits per heavy atom. The van der Waals surface area contributed by atoms with Crippen molar-refractivity contribution in [1.29, 1.82) is 0 Å². The van der Waals surface area contributed by atoms with Gasteiger partial charge in [0, 0.05) is 44.2 Å². The van der Waals surface area contributed by atoms with E-state index in [1.807, 2.05) is 25.1 Å². The zero-order valence-corrected chi connectivity index (χ0v) is 25.2. The van der Waals surface area contributed by atoms with Gasteiger partial charge in [-0.1, -0.05) is 0 Å². The highest BCUT2D eigenvalue weighted by Crippen LogP contribution is 2.54. The normalized spacial score (nSPS) is 18.3. The number of nitrogens with zero attached hydrogens (tertiary/aromatic N) is 4. The summed E-state index contributed by atoms with van der Waals surface area (Å²) in [6.07, 6.45) is 5.50. The average Bonchev–Trinajstić information content (AvgIpc) is 3.74. The molecule has 0 unspecified atom stereocenters. The highest BCUT2D eigenvalue weighted by molar-refractivity contribution is 7.92. The topological polar surface area (TPSA) is 111 Å². The predicted octanol–water partition coefficient (Wildman–Crippen LogP) is 5.94. The lowest BCUT2D eigenvalue weighted by atomic mass is 9.93. The van der Waals surface area contributed by atoms with Gasteiger partial charge in [0.15, 0.2) is 0 Å². The Bertz CT molecular complexity index is 1640. The van der Waals surface area contributed by atoms with E-state index in [0.717, 1.165) is 53.9 Å². The fraction of sp³-hybridized carbons (Fsp3) is 0.484. The first-order chi connectivity index (χ1) is 20.6. The van der Waals surface area contributed by atoms with Crippen molar-refractivity contribution in [2.75, 3.05) is 58.4 Å². The summed E-state index contributed by atoms with van der Waals surface area (Å²) < 4.78 is 54.3. The predicted molar refractivity (Wildman–Crippen MR) is 167 cm³/mol. The van der Waals surface area contributed by atoms with Gasteiger partial charge in [0.2, 0.25) is 10.0 Å². The van der Waals surface area contributed by atoms with Gasteiger partial charge in [-0.15, -0.1) is 0 Å². The number of nitrogens with one attached hydrogen (secondary N) is 2. The number of halogens is 2. The lowest BCUT2D eigenvalue weighted by molar-refractivity contribution is 0.295. The first-order valence-corrected chi connectivity index (χ1v) is 16.6. The summed E-state index contributed by atoms with van der Waals surface area (Å²) in [6, 6.07) is 9.69. The summed E-state index contributed by atoms with van der Waals surface area (Å²) in [6.45, 7) is 4.60. The maximum absolute atomic E-state index is 13.1. The van der Waals surface area contributed by atoms with Crippen molar-refractivity contribution in [3.63, 3.8) is 0 Å². The molecule has 9 nitrogen and oxygen atoms in total. The van der Waals surface area contributed by atoms with Crippen LogP contribution in [0.5, 0.6) is 0 Å². The van der Waals surface area contributed by atoms with Crippen LogP contribution in [0.2, 0.25) is 0 Å². The van der Waals surface area contributed by atoms with Crippen molar-refractivity contribution in [3.8, 4) is 0 Å². The summed E-state index contributed by atoms with van der Waals surface area (Å²) in [7, 11) is -3.65. The van der Waals surface area contributed by atoms with Crippen LogP contribution < -0.4 is 19.8 Å². The molecule has 0 amide bonds. The van der Waals surface area contributed by atoms with Crippen molar-refractivity contribution in [3.05, 3.63) is 53.9 Å².